The molecule has 142 valence electrons. The van der Waals surface area contributed by atoms with Gasteiger partial charge in [-0.2, -0.15) is 0 Å². The number of guanidine groups is 1. The lowest BCUT2D eigenvalue weighted by molar-refractivity contribution is 0.0646. The van der Waals surface area contributed by atoms with E-state index in [4.69, 9.17) is 4.74 Å². The van der Waals surface area contributed by atoms with Crippen LogP contribution in [0.3, 0.4) is 0 Å². The molecule has 25 heavy (non-hydrogen) atoms. The third-order valence-corrected chi connectivity index (χ3v) is 4.76. The van der Waals surface area contributed by atoms with Crippen molar-refractivity contribution in [3.63, 3.8) is 0 Å². The third kappa shape index (κ3) is 10.1. The number of nitrogens with zero attached hydrogens (tertiary/aromatic N) is 1. The quantitative estimate of drug-likeness (QED) is 0.375. The van der Waals surface area contributed by atoms with Gasteiger partial charge >= 0.3 is 0 Å². The van der Waals surface area contributed by atoms with Gasteiger partial charge in [-0.05, 0) is 32.3 Å². The molecular weight excluding hydrogens is 338 g/mol. The number of hydrogen-bond acceptors (Lipinski definition) is 4. The first-order chi connectivity index (χ1) is 11.8. The van der Waals surface area contributed by atoms with E-state index in [0.29, 0.717) is 19.0 Å². The van der Waals surface area contributed by atoms with Gasteiger partial charge in [0.05, 0.1) is 11.9 Å². The highest BCUT2D eigenvalue weighted by atomic mass is 32.2. The Morgan fingerprint density at radius 1 is 1.24 bits per heavy atom. The van der Waals surface area contributed by atoms with Gasteiger partial charge in [0.25, 0.3) is 0 Å². The summed E-state index contributed by atoms with van der Waals surface area (Å²) in [5, 5.41) is 6.42. The fourth-order valence-electron chi connectivity index (χ4n) is 2.25. The van der Waals surface area contributed by atoms with Gasteiger partial charge < -0.3 is 15.4 Å². The van der Waals surface area contributed by atoms with Crippen LogP contribution in [0.4, 0.5) is 0 Å². The molecule has 1 rings (SSSR count). The first kappa shape index (κ1) is 21.4. The second-order valence-corrected chi connectivity index (χ2v) is 8.50. The third-order valence-electron chi connectivity index (χ3n) is 3.78. The Hall–Kier alpha value is -1.60. The molecule has 0 aliphatic carbocycles. The lowest BCUT2D eigenvalue weighted by Gasteiger charge is -2.18. The SMILES string of the molecule is CN=C(NCCCOC(C)c1ccccc1)NC(C)CCS(C)(=O)=O. The Bertz CT molecular complexity index is 618. The van der Waals surface area contributed by atoms with Gasteiger partial charge in [-0.25, -0.2) is 8.42 Å². The molecule has 7 heteroatoms. The van der Waals surface area contributed by atoms with Crippen LogP contribution in [0.25, 0.3) is 0 Å². The minimum Gasteiger partial charge on any atom is -0.374 e. The van der Waals surface area contributed by atoms with E-state index in [1.807, 2.05) is 32.0 Å². The van der Waals surface area contributed by atoms with Crippen LogP contribution in [0.5, 0.6) is 0 Å². The van der Waals surface area contributed by atoms with Crippen LogP contribution in [0.2, 0.25) is 0 Å². The molecule has 0 aromatic heterocycles. The predicted octanol–water partition coefficient (Wildman–Crippen LogP) is 2.14. The van der Waals surface area contributed by atoms with Gasteiger partial charge in [0.2, 0.25) is 0 Å². The van der Waals surface area contributed by atoms with Crippen molar-refractivity contribution >= 4 is 15.8 Å². The minimum atomic E-state index is -2.93. The Balaban J connectivity index is 2.20. The normalized spacial score (nSPS) is 14.8. The second kappa shape index (κ2) is 11.1. The number of nitrogens with one attached hydrogen (secondary N) is 2. The minimum absolute atomic E-state index is 0.0373. The maximum absolute atomic E-state index is 11.2. The molecule has 0 bridgehead atoms. The van der Waals surface area contributed by atoms with Gasteiger partial charge in [0, 0.05) is 32.5 Å². The largest absolute Gasteiger partial charge is 0.374 e. The molecule has 2 atom stereocenters. The van der Waals surface area contributed by atoms with Crippen LogP contribution >= 0.6 is 0 Å². The summed E-state index contributed by atoms with van der Waals surface area (Å²) in [5.74, 6) is 0.848. The smallest absolute Gasteiger partial charge is 0.191 e. The highest BCUT2D eigenvalue weighted by Gasteiger charge is 2.09. The molecule has 0 fully saturated rings. The summed E-state index contributed by atoms with van der Waals surface area (Å²) < 4.78 is 28.2. The average molecular weight is 370 g/mol. The van der Waals surface area contributed by atoms with E-state index in [1.165, 1.54) is 11.8 Å². The molecule has 2 unspecified atom stereocenters. The molecule has 0 heterocycles. The van der Waals surface area contributed by atoms with Crippen molar-refractivity contribution in [2.75, 3.05) is 32.2 Å². The highest BCUT2D eigenvalue weighted by molar-refractivity contribution is 7.90. The van der Waals surface area contributed by atoms with E-state index >= 15 is 0 Å². The number of benzene rings is 1. The van der Waals surface area contributed by atoms with Gasteiger partial charge in [0.15, 0.2) is 5.96 Å². The first-order valence-electron chi connectivity index (χ1n) is 8.63. The Labute approximate surface area is 152 Å². The Morgan fingerprint density at radius 3 is 2.52 bits per heavy atom. The number of aliphatic imine (C=N–C) groups is 1. The van der Waals surface area contributed by atoms with E-state index < -0.39 is 9.84 Å². The topological polar surface area (TPSA) is 79.8 Å². The van der Waals surface area contributed by atoms with Crippen LogP contribution in [0.15, 0.2) is 35.3 Å². The summed E-state index contributed by atoms with van der Waals surface area (Å²) in [5.41, 5.74) is 1.17. The second-order valence-electron chi connectivity index (χ2n) is 6.24. The molecule has 1 aromatic rings. The van der Waals surface area contributed by atoms with Crippen molar-refractivity contribution in [1.82, 2.24) is 10.6 Å². The van der Waals surface area contributed by atoms with Crippen LogP contribution in [0.1, 0.15) is 38.4 Å². The maximum atomic E-state index is 11.2. The van der Waals surface area contributed by atoms with Crippen LogP contribution < -0.4 is 10.6 Å². The lowest BCUT2D eigenvalue weighted by atomic mass is 10.1. The first-order valence-corrected chi connectivity index (χ1v) is 10.7. The molecule has 0 amide bonds. The van der Waals surface area contributed by atoms with Gasteiger partial charge in [-0.15, -0.1) is 0 Å². The highest BCUT2D eigenvalue weighted by Crippen LogP contribution is 2.15. The zero-order valence-electron chi connectivity index (χ0n) is 15.7. The molecule has 0 aliphatic rings. The zero-order chi connectivity index (χ0) is 18.7. The van der Waals surface area contributed by atoms with Gasteiger partial charge in [0.1, 0.15) is 9.84 Å². The van der Waals surface area contributed by atoms with Crippen LogP contribution in [0, 0.1) is 0 Å². The molecular formula is C18H31N3O3S. The summed E-state index contributed by atoms with van der Waals surface area (Å²) >= 11 is 0. The van der Waals surface area contributed by atoms with E-state index in [1.54, 1.807) is 7.05 Å². The summed E-state index contributed by atoms with van der Waals surface area (Å²) in [4.78, 5) is 4.16. The van der Waals surface area contributed by atoms with Crippen LogP contribution in [-0.2, 0) is 14.6 Å². The van der Waals surface area contributed by atoms with Crippen molar-refractivity contribution in [1.29, 1.82) is 0 Å². The molecule has 0 saturated heterocycles. The van der Waals surface area contributed by atoms with E-state index in [0.717, 1.165) is 13.0 Å². The predicted molar refractivity (Wildman–Crippen MR) is 104 cm³/mol. The number of hydrogen-bond donors (Lipinski definition) is 2. The molecule has 0 saturated carbocycles. The number of sulfone groups is 1. The summed E-state index contributed by atoms with van der Waals surface area (Å²) in [6, 6.07) is 10.2. The van der Waals surface area contributed by atoms with Crippen LogP contribution in [-0.4, -0.2) is 52.6 Å². The summed E-state index contributed by atoms with van der Waals surface area (Å²) in [6.07, 6.45) is 2.74. The molecule has 0 aliphatic heterocycles. The molecule has 6 nitrogen and oxygen atoms in total. The summed E-state index contributed by atoms with van der Waals surface area (Å²) in [6.45, 7) is 5.39. The van der Waals surface area contributed by atoms with E-state index in [2.05, 4.69) is 27.8 Å². The zero-order valence-corrected chi connectivity index (χ0v) is 16.5. The van der Waals surface area contributed by atoms with Crippen molar-refractivity contribution in [2.24, 2.45) is 4.99 Å². The lowest BCUT2D eigenvalue weighted by Crippen LogP contribution is -2.43. The molecule has 0 radical (unpaired) electrons. The summed E-state index contributed by atoms with van der Waals surface area (Å²) in [7, 11) is -1.23. The fourth-order valence-corrected chi connectivity index (χ4v) is 3.03. The van der Waals surface area contributed by atoms with Gasteiger partial charge in [-0.3, -0.25) is 4.99 Å². The van der Waals surface area contributed by atoms with Crippen molar-refractivity contribution < 1.29 is 13.2 Å². The fraction of sp³-hybridized carbons (Fsp3) is 0.611. The van der Waals surface area contributed by atoms with E-state index in [-0.39, 0.29) is 17.9 Å². The number of rotatable bonds is 10. The standard InChI is InChI=1S/C18H31N3O3S/c1-15(11-14-25(4,22)23)21-18(19-3)20-12-8-13-24-16(2)17-9-6-5-7-10-17/h5-7,9-10,15-16H,8,11-14H2,1-4H3,(H2,19,20,21). The van der Waals surface area contributed by atoms with E-state index in [9.17, 15) is 8.42 Å². The molecule has 2 N–H and O–H groups in total. The van der Waals surface area contributed by atoms with Gasteiger partial charge in [-0.1, -0.05) is 30.3 Å². The Morgan fingerprint density at radius 2 is 1.92 bits per heavy atom. The average Bonchev–Trinajstić information content (AvgIpc) is 2.58. The molecule has 1 aromatic carbocycles. The van der Waals surface area contributed by atoms with Crippen molar-refractivity contribution in [3.8, 4) is 0 Å². The Kier molecular flexibility index (Phi) is 9.52. The monoisotopic (exact) mass is 369 g/mol. The maximum Gasteiger partial charge on any atom is 0.191 e. The molecule has 0 spiro atoms. The van der Waals surface area contributed by atoms with Crippen molar-refractivity contribution in [2.45, 2.75) is 38.8 Å². The van der Waals surface area contributed by atoms with Crippen molar-refractivity contribution in [3.05, 3.63) is 35.9 Å². The number of ether oxygens (including phenoxy) is 1.